The van der Waals surface area contributed by atoms with Gasteiger partial charge in [-0.25, -0.2) is 14.6 Å². The molecule has 0 amide bonds. The third kappa shape index (κ3) is 6.34. The highest BCUT2D eigenvalue weighted by atomic mass is 32.1. The minimum atomic E-state index is -0.740. The topological polar surface area (TPSA) is 105 Å². The molecule has 0 aliphatic carbocycles. The van der Waals surface area contributed by atoms with Gasteiger partial charge in [-0.15, -0.1) is 0 Å². The fourth-order valence-electron chi connectivity index (χ4n) is 4.30. The molecule has 0 N–H and O–H groups in total. The number of carbonyl (C=O) groups is 2. The van der Waals surface area contributed by atoms with Crippen LogP contribution >= 0.6 is 11.3 Å². The number of fused-ring (bicyclic) bond motifs is 1. The summed E-state index contributed by atoms with van der Waals surface area (Å²) in [6.07, 6.45) is 1.36. The summed E-state index contributed by atoms with van der Waals surface area (Å²) in [5, 5.41) is 0. The van der Waals surface area contributed by atoms with Gasteiger partial charge in [0.2, 0.25) is 0 Å². The number of esters is 2. The summed E-state index contributed by atoms with van der Waals surface area (Å²) in [6.45, 7) is 9.44. The minimum Gasteiger partial charge on any atom is -0.494 e. The second-order valence-electron chi connectivity index (χ2n) is 9.17. The number of hydrogen-bond donors (Lipinski definition) is 0. The molecule has 1 atom stereocenters. The summed E-state index contributed by atoms with van der Waals surface area (Å²) >= 11 is 1.21. The molecule has 0 unspecified atom stereocenters. The average Bonchev–Trinajstić information content (AvgIpc) is 3.22. The molecule has 1 aliphatic rings. The van der Waals surface area contributed by atoms with Crippen LogP contribution in [-0.2, 0) is 19.1 Å². The molecule has 2 heterocycles. The zero-order valence-electron chi connectivity index (χ0n) is 23.1. The number of carbonyl (C=O) groups excluding carboxylic acids is 2. The Bertz CT molecular complexity index is 1600. The van der Waals surface area contributed by atoms with E-state index in [1.165, 1.54) is 15.9 Å². The van der Waals surface area contributed by atoms with Crippen molar-refractivity contribution in [2.24, 2.45) is 4.99 Å². The maximum atomic E-state index is 13.9. The molecule has 1 aromatic heterocycles. The third-order valence-electron chi connectivity index (χ3n) is 5.95. The van der Waals surface area contributed by atoms with Gasteiger partial charge in [0.25, 0.3) is 5.56 Å². The van der Waals surface area contributed by atoms with Gasteiger partial charge in [0.1, 0.15) is 11.5 Å². The van der Waals surface area contributed by atoms with Gasteiger partial charge >= 0.3 is 11.9 Å². The third-order valence-corrected chi connectivity index (χ3v) is 6.93. The van der Waals surface area contributed by atoms with Gasteiger partial charge in [0.15, 0.2) is 11.4 Å². The summed E-state index contributed by atoms with van der Waals surface area (Å²) in [5.74, 6) is 0.109. The number of thiazole rings is 1. The van der Waals surface area contributed by atoms with Crippen LogP contribution in [0.2, 0.25) is 0 Å². The number of ether oxygens (including phenoxy) is 4. The Morgan fingerprint density at radius 2 is 1.77 bits per heavy atom. The highest BCUT2D eigenvalue weighted by molar-refractivity contribution is 7.07. The van der Waals surface area contributed by atoms with Crippen LogP contribution in [0.25, 0.3) is 6.08 Å². The van der Waals surface area contributed by atoms with Gasteiger partial charge < -0.3 is 18.9 Å². The van der Waals surface area contributed by atoms with Gasteiger partial charge in [-0.2, -0.15) is 0 Å². The number of rotatable bonds is 10. The van der Waals surface area contributed by atoms with E-state index in [1.807, 2.05) is 37.3 Å². The molecule has 0 fully saturated rings. The fourth-order valence-corrected chi connectivity index (χ4v) is 5.34. The van der Waals surface area contributed by atoms with Gasteiger partial charge in [0, 0.05) is 5.56 Å². The molecule has 2 aromatic carbocycles. The first-order chi connectivity index (χ1) is 19.2. The maximum absolute atomic E-state index is 13.9. The predicted octanol–water partition coefficient (Wildman–Crippen LogP) is 3.53. The number of aromatic nitrogens is 1. The molecule has 9 nitrogen and oxygen atoms in total. The normalized spacial score (nSPS) is 14.9. The lowest BCUT2D eigenvalue weighted by Crippen LogP contribution is -2.40. The molecule has 0 saturated heterocycles. The predicted molar refractivity (Wildman–Crippen MR) is 151 cm³/mol. The number of allylic oxidation sites excluding steroid dienone is 1. The summed E-state index contributed by atoms with van der Waals surface area (Å²) in [7, 11) is 0. The number of nitrogens with zero attached hydrogens (tertiary/aromatic N) is 2. The number of para-hydroxylation sites is 1. The van der Waals surface area contributed by atoms with Crippen molar-refractivity contribution < 1.29 is 28.5 Å². The van der Waals surface area contributed by atoms with Crippen molar-refractivity contribution in [2.75, 3.05) is 19.8 Å². The summed E-state index contributed by atoms with van der Waals surface area (Å²) in [4.78, 5) is 44.1. The van der Waals surface area contributed by atoms with Crippen molar-refractivity contribution in [3.05, 3.63) is 90.6 Å². The second-order valence-corrected chi connectivity index (χ2v) is 10.2. The molecule has 4 rings (SSSR count). The van der Waals surface area contributed by atoms with Crippen LogP contribution in [0.5, 0.6) is 11.5 Å². The molecule has 3 aromatic rings. The number of hydrogen-bond acceptors (Lipinski definition) is 9. The van der Waals surface area contributed by atoms with Crippen molar-refractivity contribution >= 4 is 29.4 Å². The van der Waals surface area contributed by atoms with Crippen molar-refractivity contribution in [3.63, 3.8) is 0 Å². The van der Waals surface area contributed by atoms with Crippen LogP contribution in [0.3, 0.4) is 0 Å². The molecule has 0 spiro atoms. The Morgan fingerprint density at radius 3 is 2.45 bits per heavy atom. The van der Waals surface area contributed by atoms with E-state index in [0.29, 0.717) is 44.3 Å². The van der Waals surface area contributed by atoms with E-state index in [0.717, 1.165) is 5.56 Å². The van der Waals surface area contributed by atoms with E-state index in [2.05, 4.69) is 4.99 Å². The van der Waals surface area contributed by atoms with Crippen LogP contribution in [0.4, 0.5) is 0 Å². The summed E-state index contributed by atoms with van der Waals surface area (Å²) in [5.41, 5.74) is 1.81. The quantitative estimate of drug-likeness (QED) is 0.347. The van der Waals surface area contributed by atoms with Gasteiger partial charge in [-0.05, 0) is 64.5 Å². The zero-order valence-corrected chi connectivity index (χ0v) is 23.9. The van der Waals surface area contributed by atoms with Crippen LogP contribution in [0, 0.1) is 0 Å². The molecule has 40 heavy (non-hydrogen) atoms. The summed E-state index contributed by atoms with van der Waals surface area (Å²) < 4.78 is 23.7. The van der Waals surface area contributed by atoms with E-state index < -0.39 is 18.0 Å². The lowest BCUT2D eigenvalue weighted by Gasteiger charge is -2.25. The molecule has 0 saturated carbocycles. The minimum absolute atomic E-state index is 0.252. The lowest BCUT2D eigenvalue weighted by molar-refractivity contribution is -0.145. The molecule has 210 valence electrons. The summed E-state index contributed by atoms with van der Waals surface area (Å²) in [6, 6.07) is 13.7. The van der Waals surface area contributed by atoms with Crippen LogP contribution in [-0.4, -0.2) is 42.4 Å². The average molecular weight is 565 g/mol. The van der Waals surface area contributed by atoms with Crippen LogP contribution in [0.15, 0.2) is 69.6 Å². The van der Waals surface area contributed by atoms with E-state index in [9.17, 15) is 14.4 Å². The Balaban J connectivity index is 1.83. The fraction of sp³-hybridized carbons (Fsp3) is 0.333. The van der Waals surface area contributed by atoms with Crippen molar-refractivity contribution in [1.82, 2.24) is 4.57 Å². The maximum Gasteiger partial charge on any atom is 0.344 e. The Labute approximate surface area is 236 Å². The first-order valence-electron chi connectivity index (χ1n) is 13.1. The standard InChI is InChI=1S/C30H32N2O7S/c1-6-36-22-14-12-20(13-15-22)27-26(29(35)39-18(3)4)19(5)31-30-32(27)28(34)24(40-30)16-21-10-8-9-11-23(21)38-17-25(33)37-7-2/h8-16,18,27H,6-7,17H2,1-5H3/b24-16+/t27-/m0/s1. The van der Waals surface area contributed by atoms with Gasteiger partial charge in [0.05, 0.1) is 41.2 Å². The number of benzene rings is 2. The van der Waals surface area contributed by atoms with Crippen LogP contribution < -0.4 is 24.4 Å². The molecule has 10 heteroatoms. The molecule has 0 radical (unpaired) electrons. The molecular formula is C30H32N2O7S. The van der Waals surface area contributed by atoms with E-state index >= 15 is 0 Å². The molecular weight excluding hydrogens is 532 g/mol. The Kier molecular flexibility index (Phi) is 9.21. The lowest BCUT2D eigenvalue weighted by atomic mass is 9.96. The van der Waals surface area contributed by atoms with Gasteiger partial charge in [-0.1, -0.05) is 41.7 Å². The SMILES string of the molecule is CCOC(=O)COc1ccccc1/C=c1/sc2n(c1=O)[C@@H](c1ccc(OCC)cc1)C(C(=O)OC(C)C)=C(C)N=2. The smallest absolute Gasteiger partial charge is 0.344 e. The monoisotopic (exact) mass is 564 g/mol. The highest BCUT2D eigenvalue weighted by Crippen LogP contribution is 2.32. The first-order valence-corrected chi connectivity index (χ1v) is 13.9. The van der Waals surface area contributed by atoms with Crippen molar-refractivity contribution in [1.29, 1.82) is 0 Å². The van der Waals surface area contributed by atoms with E-state index in [-0.39, 0.29) is 24.9 Å². The zero-order chi connectivity index (χ0) is 28.8. The van der Waals surface area contributed by atoms with Gasteiger partial charge in [-0.3, -0.25) is 9.36 Å². The van der Waals surface area contributed by atoms with Crippen molar-refractivity contribution in [3.8, 4) is 11.5 Å². The van der Waals surface area contributed by atoms with Crippen molar-refractivity contribution in [2.45, 2.75) is 46.8 Å². The second kappa shape index (κ2) is 12.8. The highest BCUT2D eigenvalue weighted by Gasteiger charge is 2.33. The Hall–Kier alpha value is -4.18. The Morgan fingerprint density at radius 1 is 1.05 bits per heavy atom. The largest absolute Gasteiger partial charge is 0.494 e. The van der Waals surface area contributed by atoms with E-state index in [4.69, 9.17) is 18.9 Å². The molecule has 0 bridgehead atoms. The first kappa shape index (κ1) is 28.8. The van der Waals surface area contributed by atoms with E-state index in [1.54, 1.807) is 52.0 Å². The molecule has 1 aliphatic heterocycles. The van der Waals surface area contributed by atoms with Crippen LogP contribution in [0.1, 0.15) is 51.8 Å².